The molecular formula is C12H17N3O4. The molecule has 2 atom stereocenters. The number of carbonyl (C=O) groups excluding carboxylic acids is 2. The lowest BCUT2D eigenvalue weighted by atomic mass is 10.1. The lowest BCUT2D eigenvalue weighted by molar-refractivity contribution is -0.144. The molecule has 7 nitrogen and oxygen atoms in total. The number of aryl methyl sites for hydroxylation is 1. The van der Waals surface area contributed by atoms with Gasteiger partial charge in [-0.2, -0.15) is 0 Å². The summed E-state index contributed by atoms with van der Waals surface area (Å²) in [5, 5.41) is 15.9. The molecule has 0 aromatic carbocycles. The summed E-state index contributed by atoms with van der Waals surface area (Å²) < 4.78 is 4.94. The maximum atomic E-state index is 12.0. The molecule has 7 heteroatoms. The molecule has 1 fully saturated rings. The molecule has 104 valence electrons. The molecule has 1 aromatic heterocycles. The molecule has 0 saturated carbocycles. The molecule has 0 spiro atoms. The zero-order valence-corrected chi connectivity index (χ0v) is 10.9. The monoisotopic (exact) mass is 267 g/mol. The fourth-order valence-electron chi connectivity index (χ4n) is 2.03. The first-order valence-electron chi connectivity index (χ1n) is 6.11. The van der Waals surface area contributed by atoms with Crippen molar-refractivity contribution in [3.63, 3.8) is 0 Å². The predicted molar refractivity (Wildman–Crippen MR) is 65.1 cm³/mol. The Morgan fingerprint density at radius 3 is 2.89 bits per heavy atom. The standard InChI is InChI=1S/C12H17N3O4/c1-7-3-9(19-14-7)5-11(17)15(2)12(18)10-4-8(16)6-13-10/h3,8,10,13,16H,4-6H2,1-2H3/t8-,10+/m1/s1. The number of amides is 2. The second-order valence-electron chi connectivity index (χ2n) is 4.75. The van der Waals surface area contributed by atoms with Gasteiger partial charge in [0, 0.05) is 19.7 Å². The fourth-order valence-corrected chi connectivity index (χ4v) is 2.03. The molecule has 19 heavy (non-hydrogen) atoms. The highest BCUT2D eigenvalue weighted by Gasteiger charge is 2.32. The Hall–Kier alpha value is -1.73. The van der Waals surface area contributed by atoms with Crippen LogP contribution in [0.1, 0.15) is 17.9 Å². The molecule has 0 unspecified atom stereocenters. The third kappa shape index (κ3) is 3.18. The van der Waals surface area contributed by atoms with E-state index in [0.717, 1.165) is 4.90 Å². The molecule has 2 N–H and O–H groups in total. The summed E-state index contributed by atoms with van der Waals surface area (Å²) in [5.74, 6) is -0.260. The van der Waals surface area contributed by atoms with Gasteiger partial charge in [-0.15, -0.1) is 0 Å². The minimum absolute atomic E-state index is 0.00163. The highest BCUT2D eigenvalue weighted by molar-refractivity contribution is 5.98. The van der Waals surface area contributed by atoms with Gasteiger partial charge in [-0.1, -0.05) is 5.16 Å². The Morgan fingerprint density at radius 2 is 2.37 bits per heavy atom. The van der Waals surface area contributed by atoms with Crippen LogP contribution in [0.5, 0.6) is 0 Å². The second-order valence-corrected chi connectivity index (χ2v) is 4.75. The number of β-amino-alcohol motifs (C(OH)–C–C–N with tert-alkyl or cyclic N) is 1. The van der Waals surface area contributed by atoms with Crippen LogP contribution in [-0.2, 0) is 16.0 Å². The Labute approximate surface area is 110 Å². The van der Waals surface area contributed by atoms with Crippen molar-refractivity contribution >= 4 is 11.8 Å². The largest absolute Gasteiger partial charge is 0.392 e. The van der Waals surface area contributed by atoms with Crippen LogP contribution in [-0.4, -0.2) is 52.7 Å². The van der Waals surface area contributed by atoms with Gasteiger partial charge in [-0.3, -0.25) is 14.5 Å². The van der Waals surface area contributed by atoms with Gasteiger partial charge < -0.3 is 14.9 Å². The van der Waals surface area contributed by atoms with Crippen molar-refractivity contribution in [1.82, 2.24) is 15.4 Å². The van der Waals surface area contributed by atoms with Gasteiger partial charge in [0.05, 0.1) is 24.3 Å². The Morgan fingerprint density at radius 1 is 1.63 bits per heavy atom. The minimum Gasteiger partial charge on any atom is -0.392 e. The van der Waals surface area contributed by atoms with Crippen LogP contribution >= 0.6 is 0 Å². The summed E-state index contributed by atoms with van der Waals surface area (Å²) in [6, 6.07) is 1.16. The van der Waals surface area contributed by atoms with E-state index in [4.69, 9.17) is 4.52 Å². The maximum absolute atomic E-state index is 12.0. The van der Waals surface area contributed by atoms with Crippen LogP contribution in [0.25, 0.3) is 0 Å². The van der Waals surface area contributed by atoms with E-state index in [9.17, 15) is 14.7 Å². The summed E-state index contributed by atoms with van der Waals surface area (Å²) in [6.45, 7) is 2.13. The molecule has 2 rings (SSSR count). The number of aromatic nitrogens is 1. The number of nitrogens with one attached hydrogen (secondary N) is 1. The zero-order valence-electron chi connectivity index (χ0n) is 10.9. The fraction of sp³-hybridized carbons (Fsp3) is 0.583. The average molecular weight is 267 g/mol. The molecule has 1 saturated heterocycles. The average Bonchev–Trinajstić information content (AvgIpc) is 2.96. The normalized spacial score (nSPS) is 22.5. The molecular weight excluding hydrogens is 250 g/mol. The third-order valence-electron chi connectivity index (χ3n) is 3.11. The van der Waals surface area contributed by atoms with Gasteiger partial charge in [0.25, 0.3) is 0 Å². The van der Waals surface area contributed by atoms with Crippen LogP contribution < -0.4 is 5.32 Å². The number of aliphatic hydroxyl groups is 1. The van der Waals surface area contributed by atoms with Crippen molar-refractivity contribution in [3.8, 4) is 0 Å². The quantitative estimate of drug-likeness (QED) is 0.747. The van der Waals surface area contributed by atoms with E-state index >= 15 is 0 Å². The van der Waals surface area contributed by atoms with E-state index in [1.807, 2.05) is 0 Å². The van der Waals surface area contributed by atoms with E-state index < -0.39 is 12.1 Å². The first kappa shape index (κ1) is 13.7. The van der Waals surface area contributed by atoms with Gasteiger partial charge in [0.1, 0.15) is 5.76 Å². The van der Waals surface area contributed by atoms with E-state index in [0.29, 0.717) is 24.4 Å². The number of rotatable bonds is 3. The van der Waals surface area contributed by atoms with Gasteiger partial charge in [-0.05, 0) is 13.3 Å². The van der Waals surface area contributed by atoms with E-state index in [1.165, 1.54) is 7.05 Å². The zero-order chi connectivity index (χ0) is 14.0. The molecule has 1 aliphatic heterocycles. The number of imide groups is 1. The van der Waals surface area contributed by atoms with Gasteiger partial charge >= 0.3 is 0 Å². The maximum Gasteiger partial charge on any atom is 0.246 e. The SMILES string of the molecule is Cc1cc(CC(=O)N(C)C(=O)[C@@H]2C[C@@H](O)CN2)on1. The molecule has 0 aliphatic carbocycles. The highest BCUT2D eigenvalue weighted by atomic mass is 16.5. The topological polar surface area (TPSA) is 95.7 Å². The number of hydrogen-bond acceptors (Lipinski definition) is 6. The smallest absolute Gasteiger partial charge is 0.246 e. The van der Waals surface area contributed by atoms with Crippen molar-refractivity contribution in [2.45, 2.75) is 31.9 Å². The Bertz CT molecular complexity index is 485. The van der Waals surface area contributed by atoms with Crippen LogP contribution in [0.15, 0.2) is 10.6 Å². The first-order chi connectivity index (χ1) is 8.97. The minimum atomic E-state index is -0.533. The number of aliphatic hydroxyl groups excluding tert-OH is 1. The van der Waals surface area contributed by atoms with E-state index in [1.54, 1.807) is 13.0 Å². The Kier molecular flexibility index (Phi) is 3.96. The van der Waals surface area contributed by atoms with Gasteiger partial charge in [0.2, 0.25) is 11.8 Å². The number of nitrogens with zero attached hydrogens (tertiary/aromatic N) is 2. The predicted octanol–water partition coefficient (Wildman–Crippen LogP) is -0.767. The number of carbonyl (C=O) groups is 2. The Balaban J connectivity index is 1.93. The molecule has 2 heterocycles. The van der Waals surface area contributed by atoms with Crippen molar-refractivity contribution < 1.29 is 19.2 Å². The lowest BCUT2D eigenvalue weighted by Crippen LogP contribution is -2.44. The summed E-state index contributed by atoms with van der Waals surface area (Å²) >= 11 is 0. The van der Waals surface area contributed by atoms with Gasteiger partial charge in [-0.25, -0.2) is 0 Å². The first-order valence-corrected chi connectivity index (χ1v) is 6.11. The molecule has 2 amide bonds. The third-order valence-corrected chi connectivity index (χ3v) is 3.11. The number of hydrogen-bond donors (Lipinski definition) is 2. The second kappa shape index (κ2) is 5.50. The van der Waals surface area contributed by atoms with E-state index in [2.05, 4.69) is 10.5 Å². The lowest BCUT2D eigenvalue weighted by Gasteiger charge is -2.18. The van der Waals surface area contributed by atoms with Crippen LogP contribution in [0.3, 0.4) is 0 Å². The van der Waals surface area contributed by atoms with Crippen LogP contribution in [0.4, 0.5) is 0 Å². The molecule has 0 bridgehead atoms. The van der Waals surface area contributed by atoms with Gasteiger partial charge in [0.15, 0.2) is 0 Å². The van der Waals surface area contributed by atoms with E-state index in [-0.39, 0.29) is 18.2 Å². The van der Waals surface area contributed by atoms with Crippen molar-refractivity contribution in [2.24, 2.45) is 0 Å². The van der Waals surface area contributed by atoms with Crippen molar-refractivity contribution in [3.05, 3.63) is 17.5 Å². The van der Waals surface area contributed by atoms with Crippen molar-refractivity contribution in [1.29, 1.82) is 0 Å². The summed E-state index contributed by atoms with van der Waals surface area (Å²) in [6.07, 6.45) is -0.203. The summed E-state index contributed by atoms with van der Waals surface area (Å²) in [4.78, 5) is 25.0. The van der Waals surface area contributed by atoms with Crippen LogP contribution in [0, 0.1) is 6.92 Å². The molecule has 1 aliphatic rings. The van der Waals surface area contributed by atoms with Crippen LogP contribution in [0.2, 0.25) is 0 Å². The van der Waals surface area contributed by atoms with Crippen molar-refractivity contribution in [2.75, 3.05) is 13.6 Å². The molecule has 0 radical (unpaired) electrons. The summed E-state index contributed by atoms with van der Waals surface area (Å²) in [7, 11) is 1.43. The highest BCUT2D eigenvalue weighted by Crippen LogP contribution is 2.10. The summed E-state index contributed by atoms with van der Waals surface area (Å²) in [5.41, 5.74) is 0.692. The number of likely N-dealkylation sites (N-methyl/N-ethyl adjacent to an activating group) is 1. The molecule has 1 aromatic rings.